The van der Waals surface area contributed by atoms with Crippen molar-refractivity contribution in [2.75, 3.05) is 26.2 Å². The summed E-state index contributed by atoms with van der Waals surface area (Å²) in [5, 5.41) is 25.4. The van der Waals surface area contributed by atoms with Gasteiger partial charge >= 0.3 is 12.1 Å². The van der Waals surface area contributed by atoms with E-state index in [-0.39, 0.29) is 38.2 Å². The number of hydrogen-bond donors (Lipinski definition) is 4. The number of benzene rings is 2. The molecule has 2 aromatic carbocycles. The van der Waals surface area contributed by atoms with Crippen LogP contribution in [0, 0.1) is 12.3 Å². The summed E-state index contributed by atoms with van der Waals surface area (Å²) in [6, 6.07) is 11.9. The molecule has 2 heterocycles. The van der Waals surface area contributed by atoms with Crippen LogP contribution in [-0.4, -0.2) is 105 Å². The molecular weight excluding hydrogens is 739 g/mol. The van der Waals surface area contributed by atoms with Crippen LogP contribution in [0.5, 0.6) is 5.75 Å². The second-order valence-corrected chi connectivity index (χ2v) is 16.9. The number of aromatic carboxylic acids is 1. The first-order valence-electron chi connectivity index (χ1n) is 18.8. The molecule has 3 aromatic rings. The molecule has 304 valence electrons. The van der Waals surface area contributed by atoms with E-state index >= 15 is 0 Å². The van der Waals surface area contributed by atoms with E-state index in [2.05, 4.69) is 15.6 Å². The van der Waals surface area contributed by atoms with Gasteiger partial charge in [0.15, 0.2) is 0 Å². The lowest BCUT2D eigenvalue weighted by atomic mass is 9.85. The number of carbonyl (C=O) groups is 5. The van der Waals surface area contributed by atoms with Gasteiger partial charge in [-0.15, -0.1) is 11.3 Å². The van der Waals surface area contributed by atoms with Gasteiger partial charge in [-0.2, -0.15) is 0 Å². The van der Waals surface area contributed by atoms with Gasteiger partial charge in [-0.05, 0) is 87.8 Å². The molecule has 14 nitrogen and oxygen atoms in total. The van der Waals surface area contributed by atoms with Crippen molar-refractivity contribution in [1.82, 2.24) is 25.4 Å². The van der Waals surface area contributed by atoms with Gasteiger partial charge in [0, 0.05) is 26.1 Å². The topological polar surface area (TPSA) is 188 Å². The molecule has 4 amide bonds. The Labute approximate surface area is 332 Å². The Balaban J connectivity index is 1.35. The third-order valence-electron chi connectivity index (χ3n) is 9.14. The highest BCUT2D eigenvalue weighted by Crippen LogP contribution is 2.28. The Kier molecular flexibility index (Phi) is 15.0. The van der Waals surface area contributed by atoms with E-state index in [4.69, 9.17) is 14.6 Å². The van der Waals surface area contributed by atoms with Crippen LogP contribution in [0.1, 0.15) is 88.8 Å². The van der Waals surface area contributed by atoms with E-state index in [1.165, 1.54) is 21.9 Å². The third kappa shape index (κ3) is 12.8. The largest absolute Gasteiger partial charge is 0.494 e. The summed E-state index contributed by atoms with van der Waals surface area (Å²) < 4.78 is 11.3. The number of β-amino-alcohol motifs (C(OH)–C–C–N with tert-alkyl or cyclic N) is 1. The molecule has 1 aromatic heterocycles. The number of nitrogens with zero attached hydrogens (tertiary/aromatic N) is 3. The molecule has 4 N–H and O–H groups in total. The minimum atomic E-state index is -1.07. The first kappa shape index (κ1) is 43.7. The fourth-order valence-electron chi connectivity index (χ4n) is 6.19. The van der Waals surface area contributed by atoms with E-state index in [1.807, 2.05) is 31.2 Å². The number of likely N-dealkylation sites (tertiary alicyclic amines) is 1. The van der Waals surface area contributed by atoms with Crippen molar-refractivity contribution < 1.29 is 43.7 Å². The number of aromatic nitrogens is 1. The molecule has 0 unspecified atom stereocenters. The van der Waals surface area contributed by atoms with Crippen LogP contribution in [0.2, 0.25) is 0 Å². The molecular formula is C41H55N5O9S. The predicted molar refractivity (Wildman–Crippen MR) is 212 cm³/mol. The second kappa shape index (κ2) is 19.2. The van der Waals surface area contributed by atoms with Crippen LogP contribution in [0.25, 0.3) is 10.4 Å². The van der Waals surface area contributed by atoms with E-state index < -0.39 is 59.0 Å². The van der Waals surface area contributed by atoms with Crippen molar-refractivity contribution in [3.05, 3.63) is 70.9 Å². The number of carboxylic acid groups (broad SMARTS) is 1. The van der Waals surface area contributed by atoms with Crippen LogP contribution in [-0.2, 0) is 25.7 Å². The van der Waals surface area contributed by atoms with Crippen molar-refractivity contribution in [2.45, 2.75) is 104 Å². The third-order valence-corrected chi connectivity index (χ3v) is 10.1. The van der Waals surface area contributed by atoms with Gasteiger partial charge in [0.2, 0.25) is 17.7 Å². The Hall–Kier alpha value is -5.02. The fourth-order valence-corrected chi connectivity index (χ4v) is 7.00. The number of thiazole rings is 1. The zero-order valence-corrected chi connectivity index (χ0v) is 34.1. The van der Waals surface area contributed by atoms with Crippen LogP contribution in [0.4, 0.5) is 4.79 Å². The van der Waals surface area contributed by atoms with Crippen molar-refractivity contribution in [3.8, 4) is 16.2 Å². The molecule has 0 spiro atoms. The smallest absolute Gasteiger partial charge is 0.410 e. The molecule has 1 aliphatic heterocycles. The number of carboxylic acids is 1. The fraction of sp³-hybridized carbons (Fsp3) is 0.512. The summed E-state index contributed by atoms with van der Waals surface area (Å²) >= 11 is 1.56. The van der Waals surface area contributed by atoms with Crippen molar-refractivity contribution in [3.63, 3.8) is 0 Å². The normalized spacial score (nSPS) is 16.2. The first-order chi connectivity index (χ1) is 26.3. The molecule has 3 atom stereocenters. The summed E-state index contributed by atoms with van der Waals surface area (Å²) in [5.41, 5.74) is 3.22. The zero-order chi connectivity index (χ0) is 41.2. The minimum Gasteiger partial charge on any atom is -0.494 e. The molecule has 0 saturated carbocycles. The van der Waals surface area contributed by atoms with E-state index in [0.717, 1.165) is 21.7 Å². The van der Waals surface area contributed by atoms with Crippen LogP contribution in [0.15, 0.2) is 54.0 Å². The second-order valence-electron chi connectivity index (χ2n) is 16.1. The number of amides is 4. The van der Waals surface area contributed by atoms with Crippen LogP contribution < -0.4 is 15.4 Å². The zero-order valence-electron chi connectivity index (χ0n) is 33.3. The van der Waals surface area contributed by atoms with Crippen molar-refractivity contribution in [2.24, 2.45) is 5.41 Å². The Morgan fingerprint density at radius 3 is 2.25 bits per heavy atom. The SMILES string of the molecule is Cc1ncsc1-c1ccc(CNC(=O)[C@@H]2C[C@@H](O)CN2C(=O)[C@@H](NC(=O)CN(CCCCCOc2ccc(C(=O)O)cc2)C(=O)OC(C)(C)C)C(C)(C)C)cc1. The molecule has 4 rings (SSSR count). The quantitative estimate of drug-likeness (QED) is 0.137. The number of hydrogen-bond acceptors (Lipinski definition) is 10. The lowest BCUT2D eigenvalue weighted by Gasteiger charge is -2.36. The average Bonchev–Trinajstić information content (AvgIpc) is 3.74. The summed E-state index contributed by atoms with van der Waals surface area (Å²) in [6.45, 7) is 12.9. The number of rotatable bonds is 16. The number of aliphatic hydroxyl groups is 1. The van der Waals surface area contributed by atoms with E-state index in [9.17, 15) is 29.1 Å². The summed E-state index contributed by atoms with van der Waals surface area (Å²) in [4.78, 5) is 73.5. The molecule has 0 radical (unpaired) electrons. The molecule has 1 aliphatic rings. The average molecular weight is 794 g/mol. The minimum absolute atomic E-state index is 0.0560. The number of nitrogens with one attached hydrogen (secondary N) is 2. The van der Waals surface area contributed by atoms with Crippen molar-refractivity contribution in [1.29, 1.82) is 0 Å². The Morgan fingerprint density at radius 2 is 1.66 bits per heavy atom. The van der Waals surface area contributed by atoms with Crippen LogP contribution in [0.3, 0.4) is 0 Å². The van der Waals surface area contributed by atoms with E-state index in [0.29, 0.717) is 31.6 Å². The Bertz CT molecular complexity index is 1820. The maximum absolute atomic E-state index is 14.1. The van der Waals surface area contributed by atoms with E-state index in [1.54, 1.807) is 70.5 Å². The highest BCUT2D eigenvalue weighted by atomic mass is 32.1. The molecule has 0 aliphatic carbocycles. The number of aryl methyl sites for hydroxylation is 1. The standard InChI is InChI=1S/C41H55N5O9S/c1-26-34(56-25-43-26)28-13-11-27(12-14-28)22-42-36(49)32-21-30(47)23-46(32)37(50)35(40(2,3)4)44-33(48)24-45(39(53)55-41(5,6)7)19-9-8-10-20-54-31-17-15-29(16-18-31)38(51)52/h11-18,25,30,32,35,47H,8-10,19-24H2,1-7H3,(H,42,49)(H,44,48)(H,51,52)/t30-,32+,35-/m1/s1. The lowest BCUT2D eigenvalue weighted by molar-refractivity contribution is -0.144. The summed E-state index contributed by atoms with van der Waals surface area (Å²) in [6.07, 6.45) is 0.308. The van der Waals surface area contributed by atoms with Crippen LogP contribution >= 0.6 is 11.3 Å². The molecule has 1 saturated heterocycles. The monoisotopic (exact) mass is 793 g/mol. The van der Waals surface area contributed by atoms with Gasteiger partial charge in [-0.25, -0.2) is 14.6 Å². The van der Waals surface area contributed by atoms with Crippen molar-refractivity contribution >= 4 is 41.1 Å². The number of ether oxygens (including phenoxy) is 2. The van der Waals surface area contributed by atoms with Gasteiger partial charge in [0.05, 0.1) is 34.4 Å². The maximum Gasteiger partial charge on any atom is 0.410 e. The summed E-state index contributed by atoms with van der Waals surface area (Å²) in [7, 11) is 0. The molecule has 1 fully saturated rings. The van der Waals surface area contributed by atoms with Gasteiger partial charge < -0.3 is 35.2 Å². The number of carbonyl (C=O) groups excluding carboxylic acids is 4. The van der Waals surface area contributed by atoms with Gasteiger partial charge in [-0.1, -0.05) is 45.0 Å². The molecule has 56 heavy (non-hydrogen) atoms. The molecule has 0 bridgehead atoms. The Morgan fingerprint density at radius 1 is 0.982 bits per heavy atom. The summed E-state index contributed by atoms with van der Waals surface area (Å²) in [5.74, 6) is -1.96. The number of aliphatic hydroxyl groups excluding tert-OH is 1. The predicted octanol–water partition coefficient (Wildman–Crippen LogP) is 5.41. The first-order valence-corrected chi connectivity index (χ1v) is 19.7. The van der Waals surface area contributed by atoms with Gasteiger partial charge in [-0.3, -0.25) is 19.3 Å². The lowest BCUT2D eigenvalue weighted by Crippen LogP contribution is -2.59. The van der Waals surface area contributed by atoms with Gasteiger partial charge in [0.1, 0.15) is 30.0 Å². The highest BCUT2D eigenvalue weighted by molar-refractivity contribution is 7.13. The highest BCUT2D eigenvalue weighted by Gasteiger charge is 2.44. The maximum atomic E-state index is 14.1. The van der Waals surface area contributed by atoms with Gasteiger partial charge in [0.25, 0.3) is 0 Å². The molecule has 15 heteroatoms. The number of unbranched alkanes of at least 4 members (excludes halogenated alkanes) is 2.